The molecule has 0 N–H and O–H groups in total. The van der Waals surface area contributed by atoms with Crippen LogP contribution in [0.1, 0.15) is 16.7 Å². The molecule has 0 atom stereocenters. The second-order valence-corrected chi connectivity index (χ2v) is 5.05. The Morgan fingerprint density at radius 3 is 2.48 bits per heavy atom. The van der Waals surface area contributed by atoms with Crippen molar-refractivity contribution in [1.29, 1.82) is 5.26 Å². The fourth-order valence-electron chi connectivity index (χ4n) is 2.61. The van der Waals surface area contributed by atoms with Gasteiger partial charge in [0, 0.05) is 18.0 Å². The van der Waals surface area contributed by atoms with Gasteiger partial charge < -0.3 is 0 Å². The first-order valence-electron chi connectivity index (χ1n) is 6.81. The maximum Gasteiger partial charge on any atom is 0.144 e. The zero-order valence-corrected chi connectivity index (χ0v) is 12.0. The van der Waals surface area contributed by atoms with Crippen LogP contribution in [0.5, 0.6) is 0 Å². The number of imidazole rings is 1. The first-order chi connectivity index (χ1) is 10.2. The van der Waals surface area contributed by atoms with Crippen molar-refractivity contribution in [3.63, 3.8) is 0 Å². The van der Waals surface area contributed by atoms with Crippen LogP contribution in [0.25, 0.3) is 17.1 Å². The molecule has 0 fully saturated rings. The molecule has 3 heteroatoms. The number of nitrogens with zero attached hydrogens (tertiary/aromatic N) is 3. The van der Waals surface area contributed by atoms with Gasteiger partial charge in [-0.3, -0.25) is 4.57 Å². The van der Waals surface area contributed by atoms with Gasteiger partial charge >= 0.3 is 0 Å². The van der Waals surface area contributed by atoms with Crippen LogP contribution in [-0.2, 0) is 0 Å². The second-order valence-electron chi connectivity index (χ2n) is 5.05. The summed E-state index contributed by atoms with van der Waals surface area (Å²) >= 11 is 0. The predicted molar refractivity (Wildman–Crippen MR) is 83.2 cm³/mol. The lowest BCUT2D eigenvalue weighted by molar-refractivity contribution is 1.03. The SMILES string of the molecule is Cc1cccc(C)c1-n1ccnc1-c1cccc(C#N)c1. The van der Waals surface area contributed by atoms with Crippen molar-refractivity contribution in [2.45, 2.75) is 13.8 Å². The Morgan fingerprint density at radius 2 is 1.76 bits per heavy atom. The van der Waals surface area contributed by atoms with Crippen LogP contribution in [-0.4, -0.2) is 9.55 Å². The zero-order valence-electron chi connectivity index (χ0n) is 12.0. The van der Waals surface area contributed by atoms with Gasteiger partial charge in [-0.2, -0.15) is 5.26 Å². The van der Waals surface area contributed by atoms with Crippen molar-refractivity contribution >= 4 is 0 Å². The molecule has 3 aromatic rings. The average molecular weight is 273 g/mol. The first kappa shape index (κ1) is 13.1. The monoisotopic (exact) mass is 273 g/mol. The van der Waals surface area contributed by atoms with Crippen LogP contribution in [0.15, 0.2) is 54.9 Å². The van der Waals surface area contributed by atoms with Crippen LogP contribution < -0.4 is 0 Å². The summed E-state index contributed by atoms with van der Waals surface area (Å²) in [7, 11) is 0. The summed E-state index contributed by atoms with van der Waals surface area (Å²) in [6, 6.07) is 16.0. The molecule has 3 nitrogen and oxygen atoms in total. The molecule has 1 aromatic heterocycles. The van der Waals surface area contributed by atoms with E-state index in [9.17, 15) is 0 Å². The van der Waals surface area contributed by atoms with Gasteiger partial charge in [0.15, 0.2) is 0 Å². The topological polar surface area (TPSA) is 41.6 Å². The summed E-state index contributed by atoms with van der Waals surface area (Å²) in [5, 5.41) is 9.06. The first-order valence-corrected chi connectivity index (χ1v) is 6.81. The standard InChI is InChI=1S/C18H15N3/c1-13-5-3-6-14(2)17(13)21-10-9-20-18(21)16-8-4-7-15(11-16)12-19/h3-11H,1-2H3. The van der Waals surface area contributed by atoms with Crippen LogP contribution in [0.4, 0.5) is 0 Å². The Morgan fingerprint density at radius 1 is 1.05 bits per heavy atom. The van der Waals surface area contributed by atoms with Crippen LogP contribution in [0, 0.1) is 25.2 Å². The van der Waals surface area contributed by atoms with Gasteiger partial charge in [0.05, 0.1) is 17.3 Å². The molecule has 3 rings (SSSR count). The van der Waals surface area contributed by atoms with Crippen molar-refractivity contribution in [2.75, 3.05) is 0 Å². The molecular weight excluding hydrogens is 258 g/mol. The molecule has 0 aliphatic carbocycles. The number of aromatic nitrogens is 2. The Bertz CT molecular complexity index is 817. The summed E-state index contributed by atoms with van der Waals surface area (Å²) in [4.78, 5) is 4.47. The van der Waals surface area contributed by atoms with Crippen molar-refractivity contribution in [3.05, 3.63) is 71.5 Å². The van der Waals surface area contributed by atoms with E-state index in [2.05, 4.69) is 47.7 Å². The molecule has 102 valence electrons. The number of hydrogen-bond donors (Lipinski definition) is 0. The highest BCUT2D eigenvalue weighted by Crippen LogP contribution is 2.26. The number of rotatable bonds is 2. The highest BCUT2D eigenvalue weighted by atomic mass is 15.1. The lowest BCUT2D eigenvalue weighted by Crippen LogP contribution is -2.01. The quantitative estimate of drug-likeness (QED) is 0.707. The summed E-state index contributed by atoms with van der Waals surface area (Å²) in [5.74, 6) is 0.851. The van der Waals surface area contributed by atoms with Gasteiger partial charge in [0.25, 0.3) is 0 Å². The number of nitriles is 1. The van der Waals surface area contributed by atoms with Gasteiger partial charge in [-0.15, -0.1) is 0 Å². The van der Waals surface area contributed by atoms with Gasteiger partial charge in [0.1, 0.15) is 5.82 Å². The van der Waals surface area contributed by atoms with E-state index in [1.165, 1.54) is 11.1 Å². The second kappa shape index (κ2) is 5.26. The molecule has 0 saturated heterocycles. The Hall–Kier alpha value is -2.86. The van der Waals surface area contributed by atoms with Crippen molar-refractivity contribution < 1.29 is 0 Å². The van der Waals surface area contributed by atoms with E-state index < -0.39 is 0 Å². The third-order valence-electron chi connectivity index (χ3n) is 3.57. The van der Waals surface area contributed by atoms with E-state index in [-0.39, 0.29) is 0 Å². The summed E-state index contributed by atoms with van der Waals surface area (Å²) < 4.78 is 2.08. The Kier molecular flexibility index (Phi) is 3.29. The summed E-state index contributed by atoms with van der Waals surface area (Å²) in [6.07, 6.45) is 3.75. The largest absolute Gasteiger partial charge is 0.299 e. The lowest BCUT2D eigenvalue weighted by Gasteiger charge is -2.14. The van der Waals surface area contributed by atoms with Crippen molar-refractivity contribution in [1.82, 2.24) is 9.55 Å². The molecule has 0 unspecified atom stereocenters. The molecule has 0 aliphatic rings. The molecule has 0 saturated carbocycles. The average Bonchev–Trinajstić information content (AvgIpc) is 2.96. The van der Waals surface area contributed by atoms with Gasteiger partial charge in [-0.1, -0.05) is 30.3 Å². The summed E-state index contributed by atoms with van der Waals surface area (Å²) in [6.45, 7) is 4.19. The highest BCUT2D eigenvalue weighted by Gasteiger charge is 2.11. The van der Waals surface area contributed by atoms with E-state index >= 15 is 0 Å². The molecule has 0 bridgehead atoms. The maximum absolute atomic E-state index is 9.06. The maximum atomic E-state index is 9.06. The number of hydrogen-bond acceptors (Lipinski definition) is 2. The van der Waals surface area contributed by atoms with Crippen molar-refractivity contribution in [2.24, 2.45) is 0 Å². The predicted octanol–water partition coefficient (Wildman–Crippen LogP) is 4.03. The fourth-order valence-corrected chi connectivity index (χ4v) is 2.61. The van der Waals surface area contributed by atoms with E-state index in [0.717, 1.165) is 17.1 Å². The van der Waals surface area contributed by atoms with Gasteiger partial charge in [0.2, 0.25) is 0 Å². The van der Waals surface area contributed by atoms with Gasteiger partial charge in [-0.25, -0.2) is 4.98 Å². The minimum Gasteiger partial charge on any atom is -0.299 e. The fraction of sp³-hybridized carbons (Fsp3) is 0.111. The minimum absolute atomic E-state index is 0.642. The van der Waals surface area contributed by atoms with E-state index in [1.54, 1.807) is 12.3 Å². The Labute approximate surface area is 124 Å². The smallest absolute Gasteiger partial charge is 0.144 e. The molecule has 1 heterocycles. The molecule has 0 radical (unpaired) electrons. The van der Waals surface area contributed by atoms with E-state index in [1.807, 2.05) is 24.4 Å². The number of para-hydroxylation sites is 1. The number of aryl methyl sites for hydroxylation is 2. The Balaban J connectivity index is 2.20. The van der Waals surface area contributed by atoms with E-state index in [4.69, 9.17) is 5.26 Å². The molecule has 2 aromatic carbocycles. The normalized spacial score (nSPS) is 10.3. The van der Waals surface area contributed by atoms with Gasteiger partial charge in [-0.05, 0) is 37.1 Å². The van der Waals surface area contributed by atoms with Crippen LogP contribution in [0.3, 0.4) is 0 Å². The van der Waals surface area contributed by atoms with Crippen molar-refractivity contribution in [3.8, 4) is 23.1 Å². The van der Waals surface area contributed by atoms with Crippen LogP contribution in [0.2, 0.25) is 0 Å². The molecule has 0 amide bonds. The molecule has 0 spiro atoms. The third kappa shape index (κ3) is 2.32. The number of benzene rings is 2. The highest BCUT2D eigenvalue weighted by molar-refractivity contribution is 5.62. The minimum atomic E-state index is 0.642. The molecule has 0 aliphatic heterocycles. The van der Waals surface area contributed by atoms with E-state index in [0.29, 0.717) is 5.56 Å². The molecule has 21 heavy (non-hydrogen) atoms. The zero-order chi connectivity index (χ0) is 14.8. The lowest BCUT2D eigenvalue weighted by atomic mass is 10.1. The molecular formula is C18H15N3. The third-order valence-corrected chi connectivity index (χ3v) is 3.57. The summed E-state index contributed by atoms with van der Waals surface area (Å²) in [5.41, 5.74) is 5.13. The van der Waals surface area contributed by atoms with Crippen LogP contribution >= 0.6 is 0 Å².